The Labute approximate surface area is 253 Å². The van der Waals surface area contributed by atoms with Crippen LogP contribution in [0.15, 0.2) is 72.9 Å². The largest absolute Gasteiger partial charge is 0.457 e. The number of piperidine rings is 1. The minimum absolute atomic E-state index is 0.0673. The van der Waals surface area contributed by atoms with E-state index in [0.29, 0.717) is 52.2 Å². The lowest BCUT2D eigenvalue weighted by atomic mass is 10.0. The molecule has 6 rings (SSSR count). The number of ether oxygens (including phenoxy) is 1. The number of hydrogen-bond donors (Lipinski definition) is 3. The quantitative estimate of drug-likeness (QED) is 0.229. The summed E-state index contributed by atoms with van der Waals surface area (Å²) in [6, 6.07) is 16.3. The van der Waals surface area contributed by atoms with Crippen molar-refractivity contribution in [3.8, 4) is 11.5 Å². The summed E-state index contributed by atoms with van der Waals surface area (Å²) in [6.45, 7) is 3.62. The van der Waals surface area contributed by atoms with Crippen LogP contribution in [-0.2, 0) is 4.79 Å². The molecule has 0 aliphatic carbocycles. The summed E-state index contributed by atoms with van der Waals surface area (Å²) in [5, 5.41) is 9.76. The van der Waals surface area contributed by atoms with Crippen LogP contribution < -0.4 is 25.6 Å². The third-order valence-corrected chi connectivity index (χ3v) is 8.59. The van der Waals surface area contributed by atoms with Gasteiger partial charge in [-0.1, -0.05) is 24.3 Å². The molecule has 4 heterocycles. The minimum Gasteiger partial charge on any atom is -0.457 e. The molecule has 0 bridgehead atoms. The van der Waals surface area contributed by atoms with Gasteiger partial charge in [-0.05, 0) is 68.8 Å². The van der Waals surface area contributed by atoms with E-state index in [-0.39, 0.29) is 23.9 Å². The van der Waals surface area contributed by atoms with Crippen LogP contribution in [0, 0.1) is 6.92 Å². The van der Waals surface area contributed by atoms with Crippen LogP contribution >= 0.6 is 11.3 Å². The summed E-state index contributed by atoms with van der Waals surface area (Å²) in [5.41, 5.74) is 2.66. The van der Waals surface area contributed by atoms with Gasteiger partial charge in [0.15, 0.2) is 0 Å². The molecule has 0 saturated carbocycles. The Morgan fingerprint density at radius 2 is 1.98 bits per heavy atom. The zero-order valence-corrected chi connectivity index (χ0v) is 24.7. The van der Waals surface area contributed by atoms with E-state index in [0.717, 1.165) is 29.5 Å². The summed E-state index contributed by atoms with van der Waals surface area (Å²) in [4.78, 5) is 48.7. The maximum atomic E-state index is 13.6. The molecule has 43 heavy (non-hydrogen) atoms. The minimum atomic E-state index is -0.366. The standard InChI is InChI=1S/C32H32N6O4S/c1-20-18-23(42-22-9-4-3-5-10-22)12-13-24(20)38-25-14-16-34-31-27(25)28(36-32(38)41)29(43-31)30(40)35-21-8-7-17-37(19-21)26(39)11-6-15-33-2/h3-6,9-14,16,18,21,33H,7-8,15,17,19H2,1-2H3,(H,35,40)(H,36,41)/b11-6+/t21-/m1/s1. The van der Waals surface area contributed by atoms with E-state index < -0.39 is 0 Å². The molecule has 1 fully saturated rings. The average Bonchev–Trinajstić information content (AvgIpc) is 3.38. The number of aryl methyl sites for hydroxylation is 1. The first-order valence-corrected chi connectivity index (χ1v) is 15.0. The number of urea groups is 1. The molecular weight excluding hydrogens is 564 g/mol. The SMILES string of the molecule is CNC/C=C/C(=O)N1CCC[C@@H](NC(=O)c2sc3nccc4c3c2NC(=O)N4c2ccc(Oc3ccccc3)cc2C)C1. The molecule has 2 aromatic carbocycles. The number of likely N-dealkylation sites (tertiary alicyclic amines) is 1. The summed E-state index contributed by atoms with van der Waals surface area (Å²) in [7, 11) is 1.82. The highest BCUT2D eigenvalue weighted by Crippen LogP contribution is 2.46. The highest BCUT2D eigenvalue weighted by molar-refractivity contribution is 7.21. The van der Waals surface area contributed by atoms with Gasteiger partial charge >= 0.3 is 6.03 Å². The molecule has 220 valence electrons. The average molecular weight is 597 g/mol. The molecule has 0 unspecified atom stereocenters. The number of nitrogens with one attached hydrogen (secondary N) is 3. The van der Waals surface area contributed by atoms with E-state index in [9.17, 15) is 14.4 Å². The van der Waals surface area contributed by atoms with E-state index in [1.807, 2.05) is 62.5 Å². The van der Waals surface area contributed by atoms with E-state index >= 15 is 0 Å². The molecule has 2 aromatic heterocycles. The lowest BCUT2D eigenvalue weighted by Gasteiger charge is -2.32. The molecule has 4 aromatic rings. The van der Waals surface area contributed by atoms with Crippen molar-refractivity contribution in [2.75, 3.05) is 36.9 Å². The topological polar surface area (TPSA) is 116 Å². The molecular formula is C32H32N6O4S. The number of pyridine rings is 1. The molecule has 1 saturated heterocycles. The Bertz CT molecular complexity index is 1720. The van der Waals surface area contributed by atoms with Gasteiger partial charge < -0.3 is 25.6 Å². The van der Waals surface area contributed by atoms with E-state index in [1.54, 1.807) is 34.2 Å². The van der Waals surface area contributed by atoms with E-state index in [4.69, 9.17) is 4.74 Å². The first-order valence-electron chi connectivity index (χ1n) is 14.2. The number of carbonyl (C=O) groups is 3. The van der Waals surface area contributed by atoms with Crippen molar-refractivity contribution in [1.29, 1.82) is 0 Å². The van der Waals surface area contributed by atoms with Crippen LogP contribution in [0.5, 0.6) is 11.5 Å². The van der Waals surface area contributed by atoms with E-state index in [2.05, 4.69) is 20.9 Å². The fraction of sp³-hybridized carbons (Fsp3) is 0.250. The first-order chi connectivity index (χ1) is 20.9. The van der Waals surface area contributed by atoms with Crippen molar-refractivity contribution in [1.82, 2.24) is 20.5 Å². The van der Waals surface area contributed by atoms with Gasteiger partial charge in [-0.3, -0.25) is 14.5 Å². The zero-order valence-electron chi connectivity index (χ0n) is 23.9. The third kappa shape index (κ3) is 5.81. The molecule has 2 aliphatic rings. The molecule has 0 spiro atoms. The summed E-state index contributed by atoms with van der Waals surface area (Å²) < 4.78 is 5.98. The number of hydrogen-bond acceptors (Lipinski definition) is 7. The van der Waals surface area contributed by atoms with Crippen LogP contribution in [0.4, 0.5) is 21.9 Å². The Kier molecular flexibility index (Phi) is 8.08. The number of amides is 4. The molecule has 1 atom stereocenters. The Morgan fingerprint density at radius 1 is 1.14 bits per heavy atom. The third-order valence-electron chi connectivity index (χ3n) is 7.49. The molecule has 2 aliphatic heterocycles. The highest BCUT2D eigenvalue weighted by Gasteiger charge is 2.34. The fourth-order valence-electron chi connectivity index (χ4n) is 5.48. The van der Waals surface area contributed by atoms with Crippen molar-refractivity contribution < 1.29 is 19.1 Å². The summed E-state index contributed by atoms with van der Waals surface area (Å²) in [5.74, 6) is 1.03. The van der Waals surface area contributed by atoms with Gasteiger partial charge in [0.25, 0.3) is 5.91 Å². The van der Waals surface area contributed by atoms with Crippen LogP contribution in [0.1, 0.15) is 28.1 Å². The van der Waals surface area contributed by atoms with Crippen LogP contribution in [0.2, 0.25) is 0 Å². The second-order valence-electron chi connectivity index (χ2n) is 10.5. The van der Waals surface area contributed by atoms with Crippen molar-refractivity contribution in [3.63, 3.8) is 0 Å². The molecule has 3 N–H and O–H groups in total. The van der Waals surface area contributed by atoms with E-state index in [1.165, 1.54) is 11.3 Å². The fourth-order valence-corrected chi connectivity index (χ4v) is 6.50. The normalized spacial score (nSPS) is 16.4. The highest BCUT2D eigenvalue weighted by atomic mass is 32.1. The summed E-state index contributed by atoms with van der Waals surface area (Å²) >= 11 is 1.24. The maximum absolute atomic E-state index is 13.6. The van der Waals surface area contributed by atoms with Crippen molar-refractivity contribution in [2.45, 2.75) is 25.8 Å². The Morgan fingerprint density at radius 3 is 2.77 bits per heavy atom. The lowest BCUT2D eigenvalue weighted by Crippen LogP contribution is -2.49. The first kappa shape index (κ1) is 28.4. The van der Waals surface area contributed by atoms with Crippen molar-refractivity contribution in [3.05, 3.63) is 83.4 Å². The Hall–Kier alpha value is -4.74. The van der Waals surface area contributed by atoms with Gasteiger partial charge in [0.2, 0.25) is 5.91 Å². The number of anilines is 3. The van der Waals surface area contributed by atoms with Gasteiger partial charge in [-0.2, -0.15) is 0 Å². The smallest absolute Gasteiger partial charge is 0.331 e. The molecule has 10 nitrogen and oxygen atoms in total. The van der Waals surface area contributed by atoms with Crippen LogP contribution in [-0.4, -0.2) is 60.5 Å². The molecule has 0 radical (unpaired) electrons. The predicted octanol–water partition coefficient (Wildman–Crippen LogP) is 5.58. The van der Waals surface area contributed by atoms with Crippen LogP contribution in [0.3, 0.4) is 0 Å². The monoisotopic (exact) mass is 596 g/mol. The Balaban J connectivity index is 1.24. The number of likely N-dealkylation sites (N-methyl/N-ethyl adjacent to an activating group) is 1. The predicted molar refractivity (Wildman–Crippen MR) is 169 cm³/mol. The van der Waals surface area contributed by atoms with Gasteiger partial charge in [-0.15, -0.1) is 11.3 Å². The molecule has 11 heteroatoms. The molecule has 4 amide bonds. The second-order valence-corrected chi connectivity index (χ2v) is 11.5. The van der Waals surface area contributed by atoms with Gasteiger partial charge in [0.1, 0.15) is 21.2 Å². The number of carbonyl (C=O) groups excluding carboxylic acids is 3. The summed E-state index contributed by atoms with van der Waals surface area (Å²) in [6.07, 6.45) is 6.57. The number of thiophene rings is 1. The number of nitrogens with zero attached hydrogens (tertiary/aromatic N) is 3. The maximum Gasteiger partial charge on any atom is 0.331 e. The number of rotatable bonds is 8. The second kappa shape index (κ2) is 12.2. The van der Waals surface area contributed by atoms with Gasteiger partial charge in [-0.25, -0.2) is 9.78 Å². The van der Waals surface area contributed by atoms with Gasteiger partial charge in [0, 0.05) is 37.9 Å². The van der Waals surface area contributed by atoms with Gasteiger partial charge in [0.05, 0.1) is 22.4 Å². The zero-order chi connectivity index (χ0) is 29.9. The number of aromatic nitrogens is 1. The van der Waals surface area contributed by atoms with Crippen molar-refractivity contribution >= 4 is 56.5 Å². The van der Waals surface area contributed by atoms with Crippen LogP contribution in [0.25, 0.3) is 10.2 Å². The lowest BCUT2D eigenvalue weighted by molar-refractivity contribution is -0.127. The number of para-hydroxylation sites is 1. The number of benzene rings is 2. The van der Waals surface area contributed by atoms with Crippen molar-refractivity contribution in [2.24, 2.45) is 0 Å².